The zero-order chi connectivity index (χ0) is 21.5. The minimum Gasteiger partial charge on any atom is -0.196 e. The Hall–Kier alpha value is -1.32. The van der Waals surface area contributed by atoms with Crippen molar-refractivity contribution in [3.05, 3.63) is 21.4 Å². The summed E-state index contributed by atoms with van der Waals surface area (Å²) in [4.78, 5) is 1.53. The molecule has 2 saturated carbocycles. The number of nitrogens with zero attached hydrogens (tertiary/aromatic N) is 2. The van der Waals surface area contributed by atoms with Crippen LogP contribution in [0.15, 0.2) is 5.38 Å². The van der Waals surface area contributed by atoms with Crippen LogP contribution in [0.5, 0.6) is 0 Å². The van der Waals surface area contributed by atoms with Gasteiger partial charge in [-0.15, -0.1) is 11.3 Å². The lowest BCUT2D eigenvalue weighted by molar-refractivity contribution is 0.0105. The molecule has 2 nitrogen and oxygen atoms in total. The van der Waals surface area contributed by atoms with Gasteiger partial charge in [-0.25, -0.2) is 0 Å². The zero-order valence-electron chi connectivity index (χ0n) is 19.3. The largest absolute Gasteiger partial charge is 0.196 e. The van der Waals surface area contributed by atoms with E-state index in [0.29, 0.717) is 11.3 Å². The maximum Gasteiger partial charge on any atom is 0.159 e. The molecule has 1 heterocycles. The van der Waals surface area contributed by atoms with Crippen LogP contribution in [0, 0.1) is 57.7 Å². The molecule has 3 aliphatic carbocycles. The Balaban J connectivity index is 1.51. The van der Waals surface area contributed by atoms with E-state index in [0.717, 1.165) is 41.6 Å². The second kappa shape index (κ2) is 8.67. The molecule has 0 amide bonds. The number of thiophene rings is 1. The summed E-state index contributed by atoms with van der Waals surface area (Å²) in [6, 6.07) is 4.41. The SMILES string of the molecule is CC(C)CCC[C@H](C)[C@@H]1CC[C@@H]2[C@@H]3CCc4c(C(C#N)C#N)csc4[C@@H]3CC[C@@]21C. The van der Waals surface area contributed by atoms with Gasteiger partial charge in [-0.05, 0) is 96.0 Å². The molecule has 0 unspecified atom stereocenters. The summed E-state index contributed by atoms with van der Waals surface area (Å²) in [6.07, 6.45) is 12.0. The van der Waals surface area contributed by atoms with Crippen molar-refractivity contribution in [3.8, 4) is 12.1 Å². The molecular weight excluding hydrogens is 384 g/mol. The van der Waals surface area contributed by atoms with E-state index in [1.807, 2.05) is 11.3 Å². The first-order valence-electron chi connectivity index (χ1n) is 12.3. The number of hydrogen-bond acceptors (Lipinski definition) is 3. The Morgan fingerprint density at radius 2 is 1.87 bits per heavy atom. The van der Waals surface area contributed by atoms with Crippen molar-refractivity contribution < 1.29 is 0 Å². The van der Waals surface area contributed by atoms with Crippen LogP contribution in [0.2, 0.25) is 0 Å². The lowest BCUT2D eigenvalue weighted by atomic mass is 9.54. The molecule has 0 aliphatic heterocycles. The standard InChI is InChI=1S/C27H38N2S/c1-17(2)6-5-7-18(3)24-10-11-25-20-8-9-21-23(19(14-28)15-29)16-30-26(21)22(20)12-13-27(24,25)4/h16-20,22,24-25H,5-13H2,1-4H3/t18-,20+,22+,24-,25+,27+/m0/s1. The number of fused-ring (bicyclic) bond motifs is 5. The average molecular weight is 423 g/mol. The smallest absolute Gasteiger partial charge is 0.159 e. The van der Waals surface area contributed by atoms with Gasteiger partial charge in [0.15, 0.2) is 5.92 Å². The van der Waals surface area contributed by atoms with Crippen molar-refractivity contribution in [1.82, 2.24) is 0 Å². The Bertz CT molecular complexity index is 826. The average Bonchev–Trinajstić information content (AvgIpc) is 3.30. The van der Waals surface area contributed by atoms with Crippen LogP contribution in [-0.2, 0) is 6.42 Å². The molecule has 3 aliphatic rings. The van der Waals surface area contributed by atoms with Gasteiger partial charge in [-0.2, -0.15) is 10.5 Å². The molecule has 0 aromatic carbocycles. The molecule has 0 saturated heterocycles. The molecule has 0 radical (unpaired) electrons. The normalized spacial score (nSPS) is 33.5. The Kier molecular flexibility index (Phi) is 6.33. The molecule has 1 aromatic heterocycles. The fourth-order valence-electron chi connectivity index (χ4n) is 7.75. The Morgan fingerprint density at radius 3 is 2.57 bits per heavy atom. The highest BCUT2D eigenvalue weighted by Gasteiger charge is 2.55. The van der Waals surface area contributed by atoms with Crippen molar-refractivity contribution in [2.45, 2.75) is 97.3 Å². The van der Waals surface area contributed by atoms with Crippen molar-refractivity contribution in [3.63, 3.8) is 0 Å². The van der Waals surface area contributed by atoms with Gasteiger partial charge in [-0.1, -0.05) is 47.0 Å². The van der Waals surface area contributed by atoms with Gasteiger partial charge in [0.1, 0.15) is 0 Å². The van der Waals surface area contributed by atoms with Gasteiger partial charge in [0.05, 0.1) is 12.1 Å². The highest BCUT2D eigenvalue weighted by atomic mass is 32.1. The first-order chi connectivity index (χ1) is 14.4. The van der Waals surface area contributed by atoms with Crippen LogP contribution >= 0.6 is 11.3 Å². The zero-order valence-corrected chi connectivity index (χ0v) is 20.1. The van der Waals surface area contributed by atoms with Crippen molar-refractivity contribution in [2.24, 2.45) is 35.0 Å². The maximum atomic E-state index is 9.39. The molecule has 162 valence electrons. The minimum atomic E-state index is -0.585. The number of nitriles is 2. The van der Waals surface area contributed by atoms with Crippen LogP contribution in [0.4, 0.5) is 0 Å². The highest BCUT2D eigenvalue weighted by molar-refractivity contribution is 7.10. The first kappa shape index (κ1) is 21.9. The van der Waals surface area contributed by atoms with E-state index in [9.17, 15) is 10.5 Å². The van der Waals surface area contributed by atoms with Crippen molar-refractivity contribution in [2.75, 3.05) is 0 Å². The van der Waals surface area contributed by atoms with Crippen LogP contribution in [0.1, 0.15) is 107 Å². The van der Waals surface area contributed by atoms with Crippen LogP contribution in [0.25, 0.3) is 0 Å². The molecule has 2 fully saturated rings. The van der Waals surface area contributed by atoms with Gasteiger partial charge in [0.25, 0.3) is 0 Å². The van der Waals surface area contributed by atoms with Gasteiger partial charge in [0.2, 0.25) is 0 Å². The van der Waals surface area contributed by atoms with Crippen LogP contribution in [-0.4, -0.2) is 0 Å². The quantitative estimate of drug-likeness (QED) is 0.469. The van der Waals surface area contributed by atoms with E-state index in [2.05, 4.69) is 45.2 Å². The Morgan fingerprint density at radius 1 is 1.10 bits per heavy atom. The van der Waals surface area contributed by atoms with Gasteiger partial charge in [-0.3, -0.25) is 0 Å². The minimum absolute atomic E-state index is 0.526. The molecule has 6 atom stereocenters. The van der Waals surface area contributed by atoms with E-state index < -0.39 is 5.92 Å². The van der Waals surface area contributed by atoms with E-state index >= 15 is 0 Å². The second-order valence-corrected chi connectivity index (χ2v) is 12.1. The molecule has 0 N–H and O–H groups in total. The Labute approximate surface area is 187 Å². The molecule has 4 rings (SSSR count). The fourth-order valence-corrected chi connectivity index (χ4v) is 9.11. The fraction of sp³-hybridized carbons (Fsp3) is 0.778. The molecule has 3 heteroatoms. The maximum absolute atomic E-state index is 9.39. The molecule has 0 bridgehead atoms. The summed E-state index contributed by atoms with van der Waals surface area (Å²) in [5, 5.41) is 20.9. The summed E-state index contributed by atoms with van der Waals surface area (Å²) in [7, 11) is 0. The van der Waals surface area contributed by atoms with E-state index in [4.69, 9.17) is 0 Å². The summed E-state index contributed by atoms with van der Waals surface area (Å²) < 4.78 is 0. The van der Waals surface area contributed by atoms with Crippen LogP contribution < -0.4 is 0 Å². The van der Waals surface area contributed by atoms with E-state index in [-0.39, 0.29) is 0 Å². The highest BCUT2D eigenvalue weighted by Crippen LogP contribution is 2.65. The molecule has 1 aromatic rings. The molecule has 30 heavy (non-hydrogen) atoms. The monoisotopic (exact) mass is 422 g/mol. The topological polar surface area (TPSA) is 47.6 Å². The van der Waals surface area contributed by atoms with Crippen LogP contribution in [0.3, 0.4) is 0 Å². The second-order valence-electron chi connectivity index (χ2n) is 11.2. The first-order valence-corrected chi connectivity index (χ1v) is 13.2. The molecular formula is C27H38N2S. The predicted molar refractivity (Wildman–Crippen MR) is 124 cm³/mol. The van der Waals surface area contributed by atoms with Crippen molar-refractivity contribution >= 4 is 11.3 Å². The third-order valence-corrected chi connectivity index (χ3v) is 10.4. The summed E-state index contributed by atoms with van der Waals surface area (Å²) in [5.74, 6) is 4.37. The number of rotatable bonds is 6. The third kappa shape index (κ3) is 3.62. The predicted octanol–water partition coefficient (Wildman–Crippen LogP) is 7.81. The lowest BCUT2D eigenvalue weighted by Gasteiger charge is -2.51. The van der Waals surface area contributed by atoms with E-state index in [1.54, 1.807) is 0 Å². The van der Waals surface area contributed by atoms with Gasteiger partial charge < -0.3 is 0 Å². The summed E-state index contributed by atoms with van der Waals surface area (Å²) >= 11 is 1.85. The van der Waals surface area contributed by atoms with Gasteiger partial charge in [0, 0.05) is 4.88 Å². The van der Waals surface area contributed by atoms with Gasteiger partial charge >= 0.3 is 0 Å². The third-order valence-electron chi connectivity index (χ3n) is 9.23. The number of hydrogen-bond donors (Lipinski definition) is 0. The summed E-state index contributed by atoms with van der Waals surface area (Å²) in [5.41, 5.74) is 2.92. The van der Waals surface area contributed by atoms with E-state index in [1.165, 1.54) is 61.8 Å². The summed E-state index contributed by atoms with van der Waals surface area (Å²) in [6.45, 7) is 9.88. The van der Waals surface area contributed by atoms with Crippen molar-refractivity contribution in [1.29, 1.82) is 10.5 Å². The lowest BCUT2D eigenvalue weighted by Crippen LogP contribution is -2.43. The molecule has 0 spiro atoms.